The van der Waals surface area contributed by atoms with Gasteiger partial charge in [-0.1, -0.05) is 0 Å². The largest absolute Gasteiger partial charge is 0.507 e. The first-order valence-corrected chi connectivity index (χ1v) is 5.49. The van der Waals surface area contributed by atoms with Crippen molar-refractivity contribution >= 4 is 17.5 Å². The Labute approximate surface area is 117 Å². The number of ether oxygens (including phenoxy) is 2. The quantitative estimate of drug-likeness (QED) is 0.400. The van der Waals surface area contributed by atoms with E-state index in [-0.39, 0.29) is 11.3 Å². The average Bonchev–Trinajstić information content (AvgIpc) is 2.44. The van der Waals surface area contributed by atoms with Gasteiger partial charge in [0, 0.05) is 6.08 Å². The second-order valence-corrected chi connectivity index (χ2v) is 3.80. The summed E-state index contributed by atoms with van der Waals surface area (Å²) in [5.74, 6) is -3.40. The molecule has 0 spiro atoms. The monoisotopic (exact) mass is 304 g/mol. The van der Waals surface area contributed by atoms with E-state index in [2.05, 4.69) is 4.74 Å². The number of carbonyl (C=O) groups excluding carboxylic acids is 2. The molecule has 0 heterocycles. The van der Waals surface area contributed by atoms with Gasteiger partial charge in [-0.05, 0) is 18.2 Å². The van der Waals surface area contributed by atoms with Gasteiger partial charge in [0.05, 0.1) is 25.3 Å². The first-order valence-electron chi connectivity index (χ1n) is 5.49. The molecule has 1 N–H and O–H groups in total. The Morgan fingerprint density at radius 2 is 1.86 bits per heavy atom. The van der Waals surface area contributed by atoms with Gasteiger partial charge >= 0.3 is 12.1 Å². The molecular weight excluding hydrogens is 293 g/mol. The number of hydrogen-bond acceptors (Lipinski definition) is 5. The normalized spacial score (nSPS) is 12.0. The number of halogens is 3. The van der Waals surface area contributed by atoms with Crippen molar-refractivity contribution in [3.63, 3.8) is 0 Å². The van der Waals surface area contributed by atoms with Crippen molar-refractivity contribution in [3.05, 3.63) is 35.4 Å². The molecule has 1 aromatic carbocycles. The molecule has 0 atom stereocenters. The standard InChI is InChI=1S/C13H11F3O5/c1-20-11-4-3-7(13(14,15)16)5-8(11)9(17)6-10(18)12(19)21-2/h3-6,17H,1-2H3/b9-6-. The third-order valence-electron chi connectivity index (χ3n) is 2.46. The van der Waals surface area contributed by atoms with Crippen LogP contribution in [0.15, 0.2) is 24.3 Å². The Bertz CT molecular complexity index is 590. The highest BCUT2D eigenvalue weighted by Gasteiger charge is 2.31. The van der Waals surface area contributed by atoms with Gasteiger partial charge in [0.15, 0.2) is 0 Å². The van der Waals surface area contributed by atoms with Crippen LogP contribution in [0.1, 0.15) is 11.1 Å². The Kier molecular flexibility index (Phi) is 4.96. The van der Waals surface area contributed by atoms with Crippen molar-refractivity contribution in [2.75, 3.05) is 14.2 Å². The van der Waals surface area contributed by atoms with Gasteiger partial charge < -0.3 is 14.6 Å². The Morgan fingerprint density at radius 1 is 1.24 bits per heavy atom. The number of carbonyl (C=O) groups is 2. The number of esters is 1. The topological polar surface area (TPSA) is 72.8 Å². The van der Waals surface area contributed by atoms with E-state index in [4.69, 9.17) is 4.74 Å². The molecule has 0 saturated carbocycles. The van der Waals surface area contributed by atoms with E-state index in [1.54, 1.807) is 0 Å². The molecule has 0 amide bonds. The minimum atomic E-state index is -4.63. The Balaban J connectivity index is 3.30. The number of benzene rings is 1. The van der Waals surface area contributed by atoms with E-state index >= 15 is 0 Å². The predicted octanol–water partition coefficient (Wildman–Crippen LogP) is 2.36. The molecule has 0 aliphatic rings. The van der Waals surface area contributed by atoms with E-state index in [0.29, 0.717) is 12.1 Å². The number of methoxy groups -OCH3 is 2. The zero-order valence-corrected chi connectivity index (χ0v) is 11.0. The van der Waals surface area contributed by atoms with Crippen LogP contribution in [0.3, 0.4) is 0 Å². The highest BCUT2D eigenvalue weighted by Crippen LogP contribution is 2.34. The molecule has 8 heteroatoms. The maximum atomic E-state index is 12.6. The summed E-state index contributed by atoms with van der Waals surface area (Å²) in [5, 5.41) is 9.72. The van der Waals surface area contributed by atoms with Crippen LogP contribution in [0.4, 0.5) is 13.2 Å². The minimum absolute atomic E-state index is 0.0885. The van der Waals surface area contributed by atoms with Gasteiger partial charge in [-0.25, -0.2) is 4.79 Å². The number of aliphatic hydroxyl groups is 1. The van der Waals surface area contributed by atoms with Gasteiger partial charge in [-0.2, -0.15) is 13.2 Å². The zero-order valence-electron chi connectivity index (χ0n) is 11.0. The van der Waals surface area contributed by atoms with Crippen molar-refractivity contribution in [1.29, 1.82) is 0 Å². The Morgan fingerprint density at radius 3 is 2.33 bits per heavy atom. The molecule has 0 radical (unpaired) electrons. The lowest BCUT2D eigenvalue weighted by Gasteiger charge is -2.12. The van der Waals surface area contributed by atoms with Crippen LogP contribution in [0.25, 0.3) is 5.76 Å². The summed E-state index contributed by atoms with van der Waals surface area (Å²) in [6.07, 6.45) is -4.17. The third-order valence-corrected chi connectivity index (χ3v) is 2.46. The molecule has 0 saturated heterocycles. The fraction of sp³-hybridized carbons (Fsp3) is 0.231. The number of ketones is 1. The molecule has 0 bridgehead atoms. The smallest absolute Gasteiger partial charge is 0.416 e. The lowest BCUT2D eigenvalue weighted by molar-refractivity contribution is -0.149. The van der Waals surface area contributed by atoms with Crippen LogP contribution in [-0.4, -0.2) is 31.1 Å². The Hall–Kier alpha value is -2.51. The molecule has 1 rings (SSSR count). The molecule has 0 fully saturated rings. The summed E-state index contributed by atoms with van der Waals surface area (Å²) in [4.78, 5) is 22.2. The lowest BCUT2D eigenvalue weighted by atomic mass is 10.1. The van der Waals surface area contributed by atoms with Crippen molar-refractivity contribution in [2.24, 2.45) is 0 Å². The van der Waals surface area contributed by atoms with Gasteiger partial charge in [0.2, 0.25) is 0 Å². The highest BCUT2D eigenvalue weighted by molar-refractivity contribution is 6.39. The van der Waals surface area contributed by atoms with E-state index in [0.717, 1.165) is 19.2 Å². The van der Waals surface area contributed by atoms with E-state index in [1.807, 2.05) is 0 Å². The van der Waals surface area contributed by atoms with Crippen LogP contribution in [0.2, 0.25) is 0 Å². The third kappa shape index (κ3) is 3.98. The van der Waals surface area contributed by atoms with Gasteiger partial charge in [0.25, 0.3) is 5.78 Å². The molecule has 0 aromatic heterocycles. The van der Waals surface area contributed by atoms with E-state index in [1.165, 1.54) is 7.11 Å². The maximum absolute atomic E-state index is 12.6. The summed E-state index contributed by atoms with van der Waals surface area (Å²) in [7, 11) is 2.14. The average molecular weight is 304 g/mol. The molecule has 5 nitrogen and oxygen atoms in total. The van der Waals surface area contributed by atoms with Crippen LogP contribution in [0, 0.1) is 0 Å². The summed E-state index contributed by atoms with van der Waals surface area (Å²) in [6.45, 7) is 0. The molecule has 0 unspecified atom stereocenters. The second-order valence-electron chi connectivity index (χ2n) is 3.80. The van der Waals surface area contributed by atoms with E-state index < -0.39 is 29.3 Å². The summed E-state index contributed by atoms with van der Waals surface area (Å²) in [5.41, 5.74) is -1.41. The fourth-order valence-corrected chi connectivity index (χ4v) is 1.45. The molecule has 114 valence electrons. The zero-order chi connectivity index (χ0) is 16.2. The second kappa shape index (κ2) is 6.29. The lowest BCUT2D eigenvalue weighted by Crippen LogP contribution is -2.13. The number of aliphatic hydroxyl groups excluding tert-OH is 1. The number of alkyl halides is 3. The molecule has 0 aliphatic heterocycles. The molecule has 1 aromatic rings. The van der Waals surface area contributed by atoms with Crippen LogP contribution in [-0.2, 0) is 20.5 Å². The molecular formula is C13H11F3O5. The highest BCUT2D eigenvalue weighted by atomic mass is 19.4. The first-order chi connectivity index (χ1) is 9.70. The number of hydrogen-bond donors (Lipinski definition) is 1. The van der Waals surface area contributed by atoms with Crippen molar-refractivity contribution in [1.82, 2.24) is 0 Å². The van der Waals surface area contributed by atoms with Gasteiger partial charge in [-0.3, -0.25) is 4.79 Å². The van der Waals surface area contributed by atoms with Crippen molar-refractivity contribution in [2.45, 2.75) is 6.18 Å². The summed E-state index contributed by atoms with van der Waals surface area (Å²) >= 11 is 0. The van der Waals surface area contributed by atoms with E-state index in [9.17, 15) is 27.9 Å². The number of rotatable bonds is 4. The van der Waals surface area contributed by atoms with Crippen molar-refractivity contribution in [3.8, 4) is 5.75 Å². The summed E-state index contributed by atoms with van der Waals surface area (Å²) < 4.78 is 46.8. The predicted molar refractivity (Wildman–Crippen MR) is 65.6 cm³/mol. The molecule has 21 heavy (non-hydrogen) atoms. The fourth-order valence-electron chi connectivity index (χ4n) is 1.45. The SMILES string of the molecule is COC(=O)C(=O)/C=C(\O)c1cc(C(F)(F)F)ccc1OC. The molecule has 0 aliphatic carbocycles. The van der Waals surface area contributed by atoms with Crippen molar-refractivity contribution < 1.29 is 37.3 Å². The van der Waals surface area contributed by atoms with Crippen LogP contribution in [0.5, 0.6) is 5.75 Å². The summed E-state index contributed by atoms with van der Waals surface area (Å²) in [6, 6.07) is 2.36. The first kappa shape index (κ1) is 16.5. The van der Waals surface area contributed by atoms with Gasteiger partial charge in [-0.15, -0.1) is 0 Å². The maximum Gasteiger partial charge on any atom is 0.416 e. The van der Waals surface area contributed by atoms with Crippen LogP contribution >= 0.6 is 0 Å². The van der Waals surface area contributed by atoms with Crippen LogP contribution < -0.4 is 4.74 Å². The van der Waals surface area contributed by atoms with Gasteiger partial charge in [0.1, 0.15) is 11.5 Å². The minimum Gasteiger partial charge on any atom is -0.507 e.